The predicted molar refractivity (Wildman–Crippen MR) is 42.0 cm³/mol. The number of amides is 1. The molecular formula is C7H15NO3. The number of rotatable bonds is 3. The van der Waals surface area contributed by atoms with Gasteiger partial charge in [0.25, 0.3) is 0 Å². The van der Waals surface area contributed by atoms with Gasteiger partial charge in [-0.15, -0.1) is 0 Å². The third-order valence-electron chi connectivity index (χ3n) is 0.712. The van der Waals surface area contributed by atoms with Crippen molar-refractivity contribution in [2.24, 2.45) is 0 Å². The molecule has 4 nitrogen and oxygen atoms in total. The summed E-state index contributed by atoms with van der Waals surface area (Å²) in [4.78, 5) is 19.3. The van der Waals surface area contributed by atoms with E-state index in [0.29, 0.717) is 19.4 Å². The van der Waals surface area contributed by atoms with Gasteiger partial charge in [-0.1, -0.05) is 6.92 Å². The van der Waals surface area contributed by atoms with Crippen LogP contribution in [0.15, 0.2) is 0 Å². The molecule has 0 aromatic carbocycles. The number of esters is 1. The Bertz CT molecular complexity index is 104. The second-order valence-electron chi connectivity index (χ2n) is 1.57. The molecule has 1 N–H and O–H groups in total. The SMILES string of the molecule is CCOC(=O)CC.CNC=O. The minimum absolute atomic E-state index is 0.123. The monoisotopic (exact) mass is 161 g/mol. The van der Waals surface area contributed by atoms with Crippen molar-refractivity contribution < 1.29 is 14.3 Å². The quantitative estimate of drug-likeness (QED) is 0.479. The van der Waals surface area contributed by atoms with Crippen LogP contribution in [0.2, 0.25) is 0 Å². The normalized spacial score (nSPS) is 7.18. The molecule has 0 saturated heterocycles. The van der Waals surface area contributed by atoms with Crippen LogP contribution in [0.4, 0.5) is 0 Å². The van der Waals surface area contributed by atoms with Gasteiger partial charge in [0.05, 0.1) is 6.61 Å². The van der Waals surface area contributed by atoms with Gasteiger partial charge in [-0.25, -0.2) is 0 Å². The van der Waals surface area contributed by atoms with E-state index < -0.39 is 0 Å². The third-order valence-corrected chi connectivity index (χ3v) is 0.712. The molecule has 0 spiro atoms. The van der Waals surface area contributed by atoms with Crippen molar-refractivity contribution in [1.82, 2.24) is 5.32 Å². The van der Waals surface area contributed by atoms with Crippen LogP contribution in [0.25, 0.3) is 0 Å². The highest BCUT2D eigenvalue weighted by molar-refractivity contribution is 5.68. The van der Waals surface area contributed by atoms with E-state index >= 15 is 0 Å². The lowest BCUT2D eigenvalue weighted by Gasteiger charge is -1.93. The number of carbonyl (C=O) groups excluding carboxylic acids is 2. The van der Waals surface area contributed by atoms with E-state index in [1.165, 1.54) is 0 Å². The fourth-order valence-electron chi connectivity index (χ4n) is 0.263. The molecule has 0 unspecified atom stereocenters. The van der Waals surface area contributed by atoms with Crippen LogP contribution < -0.4 is 5.32 Å². The van der Waals surface area contributed by atoms with E-state index in [2.05, 4.69) is 10.1 Å². The Morgan fingerprint density at radius 2 is 2.00 bits per heavy atom. The summed E-state index contributed by atoms with van der Waals surface area (Å²) in [6, 6.07) is 0. The molecule has 0 heterocycles. The number of hydrogen-bond donors (Lipinski definition) is 1. The van der Waals surface area contributed by atoms with E-state index in [-0.39, 0.29) is 5.97 Å². The lowest BCUT2D eigenvalue weighted by molar-refractivity contribution is -0.142. The molecule has 1 amide bonds. The lowest BCUT2D eigenvalue weighted by atomic mass is 10.5. The Balaban J connectivity index is 0. The molecular weight excluding hydrogens is 146 g/mol. The van der Waals surface area contributed by atoms with Crippen molar-refractivity contribution in [3.05, 3.63) is 0 Å². The molecule has 66 valence electrons. The molecule has 0 atom stereocenters. The van der Waals surface area contributed by atoms with E-state index in [1.54, 1.807) is 20.9 Å². The molecule has 0 fully saturated rings. The molecule has 4 heteroatoms. The van der Waals surface area contributed by atoms with Crippen molar-refractivity contribution in [2.75, 3.05) is 13.7 Å². The van der Waals surface area contributed by atoms with Gasteiger partial charge < -0.3 is 10.1 Å². The molecule has 0 aliphatic heterocycles. The van der Waals surface area contributed by atoms with E-state index in [9.17, 15) is 4.79 Å². The molecule has 0 radical (unpaired) electrons. The Labute approximate surface area is 66.9 Å². The number of nitrogens with one attached hydrogen (secondary N) is 1. The van der Waals surface area contributed by atoms with Gasteiger partial charge in [0, 0.05) is 13.5 Å². The molecule has 0 rings (SSSR count). The molecule has 11 heavy (non-hydrogen) atoms. The second-order valence-corrected chi connectivity index (χ2v) is 1.57. The first-order chi connectivity index (χ1) is 5.22. The van der Waals surface area contributed by atoms with Crippen LogP contribution in [0, 0.1) is 0 Å². The van der Waals surface area contributed by atoms with Crippen LogP contribution in [0.3, 0.4) is 0 Å². The highest BCUT2D eigenvalue weighted by Gasteiger charge is 1.91. The van der Waals surface area contributed by atoms with Crippen LogP contribution in [0.5, 0.6) is 0 Å². The van der Waals surface area contributed by atoms with Crippen molar-refractivity contribution in [2.45, 2.75) is 20.3 Å². The molecule has 0 bridgehead atoms. The smallest absolute Gasteiger partial charge is 0.305 e. The Morgan fingerprint density at radius 1 is 1.55 bits per heavy atom. The lowest BCUT2D eigenvalue weighted by Crippen LogP contribution is -2.00. The summed E-state index contributed by atoms with van der Waals surface area (Å²) in [5.74, 6) is -0.123. The van der Waals surface area contributed by atoms with Crippen LogP contribution in [0.1, 0.15) is 20.3 Å². The maximum Gasteiger partial charge on any atom is 0.305 e. The van der Waals surface area contributed by atoms with Crippen molar-refractivity contribution in [3.8, 4) is 0 Å². The summed E-state index contributed by atoms with van der Waals surface area (Å²) < 4.78 is 4.55. The highest BCUT2D eigenvalue weighted by atomic mass is 16.5. The van der Waals surface area contributed by atoms with E-state index in [1.807, 2.05) is 0 Å². The van der Waals surface area contributed by atoms with Gasteiger partial charge in [0.1, 0.15) is 0 Å². The zero-order valence-corrected chi connectivity index (χ0v) is 7.22. The van der Waals surface area contributed by atoms with Gasteiger partial charge in [-0.3, -0.25) is 9.59 Å². The standard InChI is InChI=1S/C5H10O2.C2H5NO/c1-3-5(6)7-4-2;1-3-2-4/h3-4H2,1-2H3;2H,1H3,(H,3,4). The first kappa shape index (κ1) is 12.6. The third kappa shape index (κ3) is 17.6. The first-order valence-corrected chi connectivity index (χ1v) is 3.49. The molecule has 0 aliphatic rings. The van der Waals surface area contributed by atoms with Gasteiger partial charge in [0.15, 0.2) is 0 Å². The Kier molecular flexibility index (Phi) is 13.4. The average Bonchev–Trinajstić information content (AvgIpc) is 2.05. The summed E-state index contributed by atoms with van der Waals surface area (Å²) in [6.07, 6.45) is 1.10. The molecule has 0 aliphatic carbocycles. The van der Waals surface area contributed by atoms with Crippen molar-refractivity contribution in [1.29, 1.82) is 0 Å². The first-order valence-electron chi connectivity index (χ1n) is 3.49. The summed E-state index contributed by atoms with van der Waals surface area (Å²) >= 11 is 0. The summed E-state index contributed by atoms with van der Waals surface area (Å²) in [5, 5.41) is 2.25. The van der Waals surface area contributed by atoms with Crippen LogP contribution in [-0.4, -0.2) is 26.0 Å². The summed E-state index contributed by atoms with van der Waals surface area (Å²) in [5.41, 5.74) is 0. The molecule has 0 aromatic rings. The highest BCUT2D eigenvalue weighted by Crippen LogP contribution is 1.80. The topological polar surface area (TPSA) is 55.4 Å². The van der Waals surface area contributed by atoms with Gasteiger partial charge in [-0.05, 0) is 6.92 Å². The fraction of sp³-hybridized carbons (Fsp3) is 0.714. The minimum atomic E-state index is -0.123. The Morgan fingerprint density at radius 3 is 2.09 bits per heavy atom. The second kappa shape index (κ2) is 11.7. The number of ether oxygens (including phenoxy) is 1. The maximum atomic E-state index is 10.2. The zero-order chi connectivity index (χ0) is 9.11. The van der Waals surface area contributed by atoms with Gasteiger partial charge in [0.2, 0.25) is 6.41 Å². The largest absolute Gasteiger partial charge is 0.466 e. The molecule has 0 saturated carbocycles. The maximum absolute atomic E-state index is 10.2. The van der Waals surface area contributed by atoms with Crippen LogP contribution >= 0.6 is 0 Å². The van der Waals surface area contributed by atoms with Gasteiger partial charge >= 0.3 is 5.97 Å². The van der Waals surface area contributed by atoms with Crippen molar-refractivity contribution >= 4 is 12.4 Å². The predicted octanol–water partition coefficient (Wildman–Crippen LogP) is 0.322. The van der Waals surface area contributed by atoms with Crippen LogP contribution in [-0.2, 0) is 14.3 Å². The van der Waals surface area contributed by atoms with Gasteiger partial charge in [-0.2, -0.15) is 0 Å². The molecule has 0 aromatic heterocycles. The van der Waals surface area contributed by atoms with E-state index in [0.717, 1.165) is 0 Å². The minimum Gasteiger partial charge on any atom is -0.466 e. The van der Waals surface area contributed by atoms with E-state index in [4.69, 9.17) is 4.79 Å². The summed E-state index contributed by atoms with van der Waals surface area (Å²) in [6.45, 7) is 4.07. The number of hydrogen-bond acceptors (Lipinski definition) is 3. The fourth-order valence-corrected chi connectivity index (χ4v) is 0.263. The zero-order valence-electron chi connectivity index (χ0n) is 7.22. The summed E-state index contributed by atoms with van der Waals surface area (Å²) in [7, 11) is 1.56. The Hall–Kier alpha value is -1.06. The average molecular weight is 161 g/mol. The number of carbonyl (C=O) groups is 2. The van der Waals surface area contributed by atoms with Crippen molar-refractivity contribution in [3.63, 3.8) is 0 Å².